The molecule has 1 aliphatic rings. The number of aliphatic imine (C=N–C) groups is 1. The van der Waals surface area contributed by atoms with E-state index in [1.807, 2.05) is 18.5 Å². The first kappa shape index (κ1) is 19.4. The molecule has 1 saturated carbocycles. The van der Waals surface area contributed by atoms with Gasteiger partial charge < -0.3 is 19.6 Å². The summed E-state index contributed by atoms with van der Waals surface area (Å²) in [5.74, 6) is 4.03. The summed E-state index contributed by atoms with van der Waals surface area (Å²) in [6, 6.07) is 0.465. The first-order valence-electron chi connectivity index (χ1n) is 9.68. The van der Waals surface area contributed by atoms with E-state index in [1.54, 1.807) is 6.20 Å². The van der Waals surface area contributed by atoms with Crippen molar-refractivity contribution in [1.82, 2.24) is 30.4 Å². The van der Waals surface area contributed by atoms with Crippen molar-refractivity contribution in [2.75, 3.05) is 0 Å². The standard InChI is InChI=1S/C19H31N7O/c1-13-24-25-16(26(13)5)11-21-18(23-14-8-6-7-9-14)22-12-17-20-10-15(27-17)19(2,3)4/h10,14H,6-9,11-12H2,1-5H3,(H2,21,22,23). The maximum atomic E-state index is 5.87. The van der Waals surface area contributed by atoms with E-state index in [0.29, 0.717) is 25.0 Å². The molecule has 1 aliphatic carbocycles. The SMILES string of the molecule is Cc1nnc(CN=C(NCc2ncc(C(C)(C)C)o2)NC2CCCC2)n1C. The molecule has 0 saturated heterocycles. The van der Waals surface area contributed by atoms with Crippen LogP contribution in [0.2, 0.25) is 0 Å². The van der Waals surface area contributed by atoms with Crippen molar-refractivity contribution in [3.63, 3.8) is 0 Å². The number of guanidine groups is 1. The Balaban J connectivity index is 1.66. The Labute approximate surface area is 160 Å². The van der Waals surface area contributed by atoms with E-state index in [1.165, 1.54) is 25.7 Å². The molecule has 0 bridgehead atoms. The number of aromatic nitrogens is 4. The lowest BCUT2D eigenvalue weighted by Crippen LogP contribution is -2.42. The van der Waals surface area contributed by atoms with E-state index in [9.17, 15) is 0 Å². The summed E-state index contributed by atoms with van der Waals surface area (Å²) in [5, 5.41) is 15.2. The van der Waals surface area contributed by atoms with Gasteiger partial charge in [0.05, 0.1) is 12.7 Å². The fourth-order valence-electron chi connectivity index (χ4n) is 3.05. The van der Waals surface area contributed by atoms with Gasteiger partial charge in [-0.25, -0.2) is 9.98 Å². The normalized spacial score (nSPS) is 16.1. The molecule has 0 atom stereocenters. The van der Waals surface area contributed by atoms with Crippen LogP contribution in [-0.2, 0) is 25.6 Å². The highest BCUT2D eigenvalue weighted by Crippen LogP contribution is 2.22. The monoisotopic (exact) mass is 373 g/mol. The summed E-state index contributed by atoms with van der Waals surface area (Å²) in [6.45, 7) is 9.24. The van der Waals surface area contributed by atoms with E-state index in [-0.39, 0.29) is 5.41 Å². The first-order valence-corrected chi connectivity index (χ1v) is 9.68. The average Bonchev–Trinajstić information content (AvgIpc) is 3.34. The zero-order valence-corrected chi connectivity index (χ0v) is 17.0. The van der Waals surface area contributed by atoms with Crippen LogP contribution in [0.5, 0.6) is 0 Å². The fourth-order valence-corrected chi connectivity index (χ4v) is 3.05. The molecule has 8 nitrogen and oxygen atoms in total. The Morgan fingerprint density at radius 1 is 1.30 bits per heavy atom. The molecule has 0 amide bonds. The summed E-state index contributed by atoms with van der Waals surface area (Å²) in [5.41, 5.74) is -0.0483. The van der Waals surface area contributed by atoms with Crippen molar-refractivity contribution in [3.8, 4) is 0 Å². The molecule has 8 heteroatoms. The molecular weight excluding hydrogens is 342 g/mol. The Morgan fingerprint density at radius 3 is 2.63 bits per heavy atom. The van der Waals surface area contributed by atoms with Gasteiger partial charge in [0.1, 0.15) is 18.1 Å². The topological polar surface area (TPSA) is 93.2 Å². The summed E-state index contributed by atoms with van der Waals surface area (Å²) < 4.78 is 7.83. The third kappa shape index (κ3) is 5.08. The van der Waals surface area contributed by atoms with Gasteiger partial charge in [-0.1, -0.05) is 33.6 Å². The minimum absolute atomic E-state index is 0.0483. The minimum atomic E-state index is -0.0483. The Morgan fingerprint density at radius 2 is 2.04 bits per heavy atom. The third-order valence-electron chi connectivity index (χ3n) is 4.96. The molecule has 2 heterocycles. The van der Waals surface area contributed by atoms with Crippen LogP contribution in [0.1, 0.15) is 69.8 Å². The number of hydrogen-bond acceptors (Lipinski definition) is 5. The maximum absolute atomic E-state index is 5.87. The number of nitrogens with one attached hydrogen (secondary N) is 2. The number of hydrogen-bond donors (Lipinski definition) is 2. The molecule has 0 aromatic carbocycles. The number of oxazole rings is 1. The molecule has 27 heavy (non-hydrogen) atoms. The molecule has 1 fully saturated rings. The summed E-state index contributed by atoms with van der Waals surface area (Å²) >= 11 is 0. The van der Waals surface area contributed by atoms with Crippen molar-refractivity contribution < 1.29 is 4.42 Å². The zero-order valence-electron chi connectivity index (χ0n) is 17.0. The van der Waals surface area contributed by atoms with Crippen LogP contribution in [0.4, 0.5) is 0 Å². The van der Waals surface area contributed by atoms with Crippen LogP contribution in [0.15, 0.2) is 15.6 Å². The van der Waals surface area contributed by atoms with E-state index >= 15 is 0 Å². The lowest BCUT2D eigenvalue weighted by molar-refractivity contribution is 0.379. The van der Waals surface area contributed by atoms with E-state index in [0.717, 1.165) is 23.4 Å². The van der Waals surface area contributed by atoms with Gasteiger partial charge in [0, 0.05) is 18.5 Å². The molecule has 0 spiro atoms. The van der Waals surface area contributed by atoms with Crippen molar-refractivity contribution >= 4 is 5.96 Å². The molecule has 148 valence electrons. The Hall–Kier alpha value is -2.38. The van der Waals surface area contributed by atoms with Crippen molar-refractivity contribution in [1.29, 1.82) is 0 Å². The van der Waals surface area contributed by atoms with Crippen molar-refractivity contribution in [2.45, 2.75) is 77.9 Å². The molecule has 3 rings (SSSR count). The Kier molecular flexibility index (Phi) is 5.82. The van der Waals surface area contributed by atoms with E-state index in [4.69, 9.17) is 9.41 Å². The molecule has 0 aliphatic heterocycles. The second kappa shape index (κ2) is 8.10. The smallest absolute Gasteiger partial charge is 0.213 e. The molecular formula is C19H31N7O. The summed E-state index contributed by atoms with van der Waals surface area (Å²) in [7, 11) is 1.96. The molecule has 2 N–H and O–H groups in total. The molecule has 2 aromatic heterocycles. The third-order valence-corrected chi connectivity index (χ3v) is 4.96. The minimum Gasteiger partial charge on any atom is -0.443 e. The van der Waals surface area contributed by atoms with Gasteiger partial charge in [0.15, 0.2) is 11.8 Å². The van der Waals surface area contributed by atoms with Gasteiger partial charge in [0.25, 0.3) is 0 Å². The molecule has 0 radical (unpaired) electrons. The van der Waals surface area contributed by atoms with Gasteiger partial charge in [-0.15, -0.1) is 10.2 Å². The average molecular weight is 374 g/mol. The lowest BCUT2D eigenvalue weighted by atomic mass is 9.94. The number of rotatable bonds is 5. The second-order valence-corrected chi connectivity index (χ2v) is 8.23. The van der Waals surface area contributed by atoms with Crippen LogP contribution in [0.25, 0.3) is 0 Å². The zero-order chi connectivity index (χ0) is 19.4. The largest absolute Gasteiger partial charge is 0.443 e. The molecule has 2 aromatic rings. The van der Waals surface area contributed by atoms with Crippen molar-refractivity contribution in [3.05, 3.63) is 29.5 Å². The van der Waals surface area contributed by atoms with Gasteiger partial charge in [-0.2, -0.15) is 0 Å². The second-order valence-electron chi connectivity index (χ2n) is 8.23. The predicted molar refractivity (Wildman–Crippen MR) is 104 cm³/mol. The van der Waals surface area contributed by atoms with Gasteiger partial charge in [-0.3, -0.25) is 0 Å². The van der Waals surface area contributed by atoms with Crippen LogP contribution in [-0.4, -0.2) is 31.7 Å². The molecule has 0 unspecified atom stereocenters. The van der Waals surface area contributed by atoms with Crippen LogP contribution >= 0.6 is 0 Å². The fraction of sp³-hybridized carbons (Fsp3) is 0.684. The van der Waals surface area contributed by atoms with E-state index < -0.39 is 0 Å². The lowest BCUT2D eigenvalue weighted by Gasteiger charge is -2.17. The van der Waals surface area contributed by atoms with Crippen LogP contribution < -0.4 is 10.6 Å². The summed E-state index contributed by atoms with van der Waals surface area (Å²) in [6.07, 6.45) is 6.69. The first-order chi connectivity index (χ1) is 12.8. The van der Waals surface area contributed by atoms with Crippen molar-refractivity contribution in [2.24, 2.45) is 12.0 Å². The number of nitrogens with zero attached hydrogens (tertiary/aromatic N) is 5. The van der Waals surface area contributed by atoms with Gasteiger partial charge >= 0.3 is 0 Å². The van der Waals surface area contributed by atoms with E-state index in [2.05, 4.69) is 46.6 Å². The van der Waals surface area contributed by atoms with Gasteiger partial charge in [-0.05, 0) is 19.8 Å². The van der Waals surface area contributed by atoms with Crippen LogP contribution in [0.3, 0.4) is 0 Å². The maximum Gasteiger partial charge on any atom is 0.213 e. The Bertz CT molecular complexity index is 778. The quantitative estimate of drug-likeness (QED) is 0.618. The van der Waals surface area contributed by atoms with Gasteiger partial charge in [0.2, 0.25) is 5.89 Å². The summed E-state index contributed by atoms with van der Waals surface area (Å²) in [4.78, 5) is 9.09. The predicted octanol–water partition coefficient (Wildman–Crippen LogP) is 2.59. The highest BCUT2D eigenvalue weighted by Gasteiger charge is 2.20. The van der Waals surface area contributed by atoms with Crippen LogP contribution in [0, 0.1) is 6.92 Å². The highest BCUT2D eigenvalue weighted by atomic mass is 16.4. The number of aryl methyl sites for hydroxylation is 1. The highest BCUT2D eigenvalue weighted by molar-refractivity contribution is 5.80.